The van der Waals surface area contributed by atoms with E-state index in [1.165, 1.54) is 24.8 Å². The first kappa shape index (κ1) is 13.1. The van der Waals surface area contributed by atoms with Crippen LogP contribution in [0.4, 0.5) is 0 Å². The lowest BCUT2D eigenvalue weighted by atomic mass is 9.91. The van der Waals surface area contributed by atoms with Crippen molar-refractivity contribution >= 4 is 11.0 Å². The number of fused-ring (bicyclic) bond motifs is 1. The Labute approximate surface area is 125 Å². The molecule has 1 aromatic carbocycles. The molecule has 4 rings (SSSR count). The quantitative estimate of drug-likeness (QED) is 0.940. The molecule has 0 bridgehead atoms. The van der Waals surface area contributed by atoms with Crippen LogP contribution in [0.3, 0.4) is 0 Å². The Morgan fingerprint density at radius 3 is 2.62 bits per heavy atom. The fraction of sp³-hybridized carbons (Fsp3) is 0.588. The molecule has 0 unspecified atom stereocenters. The van der Waals surface area contributed by atoms with Crippen LogP contribution in [0.2, 0.25) is 0 Å². The van der Waals surface area contributed by atoms with Gasteiger partial charge in [-0.05, 0) is 57.1 Å². The van der Waals surface area contributed by atoms with Gasteiger partial charge < -0.3 is 15.0 Å². The molecule has 1 aromatic heterocycles. The summed E-state index contributed by atoms with van der Waals surface area (Å²) in [7, 11) is 0. The molecule has 0 spiro atoms. The molecule has 2 fully saturated rings. The van der Waals surface area contributed by atoms with Crippen molar-refractivity contribution in [2.45, 2.75) is 63.1 Å². The van der Waals surface area contributed by atoms with Gasteiger partial charge in [0.15, 0.2) is 0 Å². The van der Waals surface area contributed by atoms with E-state index in [9.17, 15) is 0 Å². The molecule has 0 atom stereocenters. The normalized spacial score (nSPS) is 26.7. The molecular formula is C17H23N3O. The van der Waals surface area contributed by atoms with Gasteiger partial charge in [0.1, 0.15) is 5.75 Å². The molecule has 0 amide bonds. The second-order valence-corrected chi connectivity index (χ2v) is 6.54. The number of nitrogens with zero attached hydrogens (tertiary/aromatic N) is 2. The standard InChI is InChI=1S/C17H23N3O/c18-12-4-6-13(7-5-12)20-11-19-16-10-15(8-9-17(16)20)21-14-2-1-3-14/h8-14H,1-7,18H2. The van der Waals surface area contributed by atoms with Gasteiger partial charge in [-0.3, -0.25) is 0 Å². The molecule has 2 aliphatic carbocycles. The van der Waals surface area contributed by atoms with E-state index in [2.05, 4.69) is 27.8 Å². The van der Waals surface area contributed by atoms with Crippen molar-refractivity contribution in [2.75, 3.05) is 0 Å². The lowest BCUT2D eigenvalue weighted by Gasteiger charge is -2.28. The first-order valence-electron chi connectivity index (χ1n) is 8.18. The molecule has 21 heavy (non-hydrogen) atoms. The number of rotatable bonds is 3. The third kappa shape index (κ3) is 2.53. The lowest BCUT2D eigenvalue weighted by molar-refractivity contribution is 0.120. The minimum Gasteiger partial charge on any atom is -0.490 e. The number of aromatic nitrogens is 2. The van der Waals surface area contributed by atoms with Crippen LogP contribution in [0.25, 0.3) is 11.0 Å². The van der Waals surface area contributed by atoms with Crippen molar-refractivity contribution in [1.29, 1.82) is 0 Å². The van der Waals surface area contributed by atoms with Gasteiger partial charge in [0, 0.05) is 18.2 Å². The second-order valence-electron chi connectivity index (χ2n) is 6.54. The van der Waals surface area contributed by atoms with Crippen LogP contribution in [0, 0.1) is 0 Å². The number of nitrogens with two attached hydrogens (primary N) is 1. The van der Waals surface area contributed by atoms with Crippen LogP contribution in [0.5, 0.6) is 5.75 Å². The average Bonchev–Trinajstić information content (AvgIpc) is 2.87. The highest BCUT2D eigenvalue weighted by atomic mass is 16.5. The van der Waals surface area contributed by atoms with Crippen molar-refractivity contribution < 1.29 is 4.74 Å². The van der Waals surface area contributed by atoms with Crippen LogP contribution in [-0.4, -0.2) is 21.7 Å². The van der Waals surface area contributed by atoms with Crippen molar-refractivity contribution in [1.82, 2.24) is 9.55 Å². The molecule has 0 radical (unpaired) electrons. The predicted molar refractivity (Wildman–Crippen MR) is 83.5 cm³/mol. The summed E-state index contributed by atoms with van der Waals surface area (Å²) in [6.07, 6.45) is 10.6. The molecule has 2 aromatic rings. The first-order valence-corrected chi connectivity index (χ1v) is 8.18. The summed E-state index contributed by atoms with van der Waals surface area (Å²) in [6.45, 7) is 0. The minimum absolute atomic E-state index is 0.388. The van der Waals surface area contributed by atoms with Crippen LogP contribution < -0.4 is 10.5 Å². The highest BCUT2D eigenvalue weighted by Crippen LogP contribution is 2.32. The van der Waals surface area contributed by atoms with Gasteiger partial charge in [-0.2, -0.15) is 0 Å². The van der Waals surface area contributed by atoms with Crippen LogP contribution in [0.1, 0.15) is 51.0 Å². The van der Waals surface area contributed by atoms with Crippen molar-refractivity contribution in [2.24, 2.45) is 5.73 Å². The maximum Gasteiger partial charge on any atom is 0.122 e. The highest BCUT2D eigenvalue weighted by molar-refractivity contribution is 5.77. The SMILES string of the molecule is NC1CCC(n2cnc3cc(OC4CCC4)ccc32)CC1. The maximum absolute atomic E-state index is 6.01. The maximum atomic E-state index is 6.01. The van der Waals surface area contributed by atoms with Gasteiger partial charge in [-0.25, -0.2) is 4.98 Å². The average molecular weight is 285 g/mol. The number of hydrogen-bond donors (Lipinski definition) is 1. The molecule has 0 saturated heterocycles. The Balaban J connectivity index is 1.56. The summed E-state index contributed by atoms with van der Waals surface area (Å²) in [4.78, 5) is 4.58. The second kappa shape index (κ2) is 5.34. The molecule has 2 aliphatic rings. The fourth-order valence-corrected chi connectivity index (χ4v) is 3.44. The lowest BCUT2D eigenvalue weighted by Crippen LogP contribution is -2.27. The highest BCUT2D eigenvalue weighted by Gasteiger charge is 2.22. The van der Waals surface area contributed by atoms with E-state index in [1.54, 1.807) is 0 Å². The number of benzene rings is 1. The molecule has 0 aliphatic heterocycles. The smallest absolute Gasteiger partial charge is 0.122 e. The monoisotopic (exact) mass is 285 g/mol. The molecule has 2 N–H and O–H groups in total. The van der Waals surface area contributed by atoms with E-state index in [0.29, 0.717) is 18.2 Å². The zero-order valence-corrected chi connectivity index (χ0v) is 12.4. The summed E-state index contributed by atoms with van der Waals surface area (Å²) in [5.74, 6) is 0.961. The van der Waals surface area contributed by atoms with E-state index in [4.69, 9.17) is 10.5 Å². The molecule has 4 nitrogen and oxygen atoms in total. The van der Waals surface area contributed by atoms with Crippen LogP contribution >= 0.6 is 0 Å². The van der Waals surface area contributed by atoms with Gasteiger partial charge in [0.2, 0.25) is 0 Å². The Bertz CT molecular complexity index is 624. The number of ether oxygens (including phenoxy) is 1. The van der Waals surface area contributed by atoms with Crippen LogP contribution in [-0.2, 0) is 0 Å². The molecular weight excluding hydrogens is 262 g/mol. The van der Waals surface area contributed by atoms with Crippen molar-refractivity contribution in [3.05, 3.63) is 24.5 Å². The van der Waals surface area contributed by atoms with E-state index in [1.807, 2.05) is 6.33 Å². The van der Waals surface area contributed by atoms with Gasteiger partial charge in [-0.1, -0.05) is 0 Å². The van der Waals surface area contributed by atoms with Gasteiger partial charge >= 0.3 is 0 Å². The molecule has 1 heterocycles. The molecule has 4 heteroatoms. The number of hydrogen-bond acceptors (Lipinski definition) is 3. The Morgan fingerprint density at radius 2 is 1.90 bits per heavy atom. The first-order chi connectivity index (χ1) is 10.3. The predicted octanol–water partition coefficient (Wildman–Crippen LogP) is 3.41. The number of imidazole rings is 1. The third-order valence-electron chi connectivity index (χ3n) is 5.04. The largest absolute Gasteiger partial charge is 0.490 e. The summed E-state index contributed by atoms with van der Waals surface area (Å²) < 4.78 is 8.29. The summed E-state index contributed by atoms with van der Waals surface area (Å²) in [5, 5.41) is 0. The van der Waals surface area contributed by atoms with E-state index < -0.39 is 0 Å². The van der Waals surface area contributed by atoms with Gasteiger partial charge in [0.05, 0.1) is 23.5 Å². The zero-order valence-electron chi connectivity index (χ0n) is 12.4. The third-order valence-corrected chi connectivity index (χ3v) is 5.04. The topological polar surface area (TPSA) is 53.1 Å². The van der Waals surface area contributed by atoms with Crippen molar-refractivity contribution in [3.8, 4) is 5.75 Å². The van der Waals surface area contributed by atoms with E-state index >= 15 is 0 Å². The molecule has 2 saturated carbocycles. The van der Waals surface area contributed by atoms with Crippen molar-refractivity contribution in [3.63, 3.8) is 0 Å². The Kier molecular flexibility index (Phi) is 3.34. The summed E-state index contributed by atoms with van der Waals surface area (Å²) in [6, 6.07) is 7.27. The zero-order chi connectivity index (χ0) is 14.2. The van der Waals surface area contributed by atoms with Gasteiger partial charge in [0.25, 0.3) is 0 Å². The Morgan fingerprint density at radius 1 is 1.10 bits per heavy atom. The van der Waals surface area contributed by atoms with E-state index in [-0.39, 0.29) is 0 Å². The molecule has 112 valence electrons. The fourth-order valence-electron chi connectivity index (χ4n) is 3.44. The minimum atomic E-state index is 0.388. The van der Waals surface area contributed by atoms with Crippen LogP contribution in [0.15, 0.2) is 24.5 Å². The van der Waals surface area contributed by atoms with Gasteiger partial charge in [-0.15, -0.1) is 0 Å². The van der Waals surface area contributed by atoms with E-state index in [0.717, 1.165) is 36.9 Å². The Hall–Kier alpha value is -1.55. The summed E-state index contributed by atoms with van der Waals surface area (Å²) >= 11 is 0. The summed E-state index contributed by atoms with van der Waals surface area (Å²) in [5.41, 5.74) is 8.27.